The Morgan fingerprint density at radius 3 is 2.45 bits per heavy atom. The highest BCUT2D eigenvalue weighted by molar-refractivity contribution is 5.86. The molecule has 9 nitrogen and oxygen atoms in total. The van der Waals surface area contributed by atoms with E-state index in [1.807, 2.05) is 5.32 Å². The standard InChI is InChI=1S/C11H19NO8/c1-6(2)10(16)20-7(3)18-5-19-11(17)12-9(15)8(14)4-13/h7-9,13-15H,1,4-5H2,2-3H3,(H,12,17). The molecule has 0 fully saturated rings. The van der Waals surface area contributed by atoms with Gasteiger partial charge in [-0.05, 0) is 13.8 Å². The number of aliphatic hydroxyl groups excluding tert-OH is 3. The fourth-order valence-corrected chi connectivity index (χ4v) is 0.827. The molecular weight excluding hydrogens is 274 g/mol. The first kappa shape index (κ1) is 18.3. The Kier molecular flexibility index (Phi) is 8.48. The molecule has 116 valence electrons. The van der Waals surface area contributed by atoms with Crippen LogP contribution in [-0.4, -0.2) is 59.4 Å². The predicted molar refractivity (Wildman–Crippen MR) is 65.0 cm³/mol. The first-order chi connectivity index (χ1) is 9.27. The molecule has 0 aliphatic heterocycles. The number of ether oxygens (including phenoxy) is 3. The number of hydrogen-bond donors (Lipinski definition) is 4. The van der Waals surface area contributed by atoms with Gasteiger partial charge in [-0.2, -0.15) is 0 Å². The van der Waals surface area contributed by atoms with Crippen LogP contribution in [0.1, 0.15) is 13.8 Å². The van der Waals surface area contributed by atoms with E-state index in [1.54, 1.807) is 0 Å². The second-order valence-electron chi connectivity index (χ2n) is 3.81. The van der Waals surface area contributed by atoms with Gasteiger partial charge >= 0.3 is 12.1 Å². The predicted octanol–water partition coefficient (Wildman–Crippen LogP) is -1.18. The van der Waals surface area contributed by atoms with Crippen LogP contribution >= 0.6 is 0 Å². The van der Waals surface area contributed by atoms with Crippen molar-refractivity contribution in [2.45, 2.75) is 32.5 Å². The normalized spacial score (nSPS) is 14.8. The van der Waals surface area contributed by atoms with Gasteiger partial charge in [0, 0.05) is 5.57 Å². The molecule has 0 heterocycles. The Morgan fingerprint density at radius 2 is 1.95 bits per heavy atom. The topological polar surface area (TPSA) is 135 Å². The minimum absolute atomic E-state index is 0.195. The third-order valence-electron chi connectivity index (χ3n) is 1.93. The molecule has 4 N–H and O–H groups in total. The highest BCUT2D eigenvalue weighted by Gasteiger charge is 2.18. The van der Waals surface area contributed by atoms with Gasteiger partial charge in [-0.1, -0.05) is 6.58 Å². The van der Waals surface area contributed by atoms with Gasteiger partial charge in [0.2, 0.25) is 6.29 Å². The molecule has 3 atom stereocenters. The van der Waals surface area contributed by atoms with Gasteiger partial charge in [-0.25, -0.2) is 9.59 Å². The Labute approximate surface area is 115 Å². The summed E-state index contributed by atoms with van der Waals surface area (Å²) in [5.74, 6) is -0.650. The van der Waals surface area contributed by atoms with E-state index in [9.17, 15) is 9.59 Å². The molecule has 0 aliphatic rings. The number of rotatable bonds is 8. The van der Waals surface area contributed by atoms with Gasteiger partial charge < -0.3 is 29.5 Å². The van der Waals surface area contributed by atoms with E-state index in [0.717, 1.165) is 0 Å². The molecule has 0 aromatic heterocycles. The number of nitrogens with one attached hydrogen (secondary N) is 1. The average Bonchev–Trinajstić information content (AvgIpc) is 2.37. The van der Waals surface area contributed by atoms with E-state index in [2.05, 4.69) is 11.3 Å². The summed E-state index contributed by atoms with van der Waals surface area (Å²) in [5.41, 5.74) is 0.195. The quantitative estimate of drug-likeness (QED) is 0.250. The molecule has 1 amide bonds. The fraction of sp³-hybridized carbons (Fsp3) is 0.636. The zero-order valence-electron chi connectivity index (χ0n) is 11.2. The van der Waals surface area contributed by atoms with Crippen LogP contribution in [0.3, 0.4) is 0 Å². The van der Waals surface area contributed by atoms with Crippen molar-refractivity contribution >= 4 is 12.1 Å². The number of aliphatic hydroxyl groups is 3. The SMILES string of the molecule is C=C(C)C(=O)OC(C)OCOC(=O)NC(O)C(O)CO. The fourth-order valence-electron chi connectivity index (χ4n) is 0.827. The van der Waals surface area contributed by atoms with Gasteiger partial charge in [-0.15, -0.1) is 0 Å². The van der Waals surface area contributed by atoms with Crippen LogP contribution in [0.4, 0.5) is 4.79 Å². The van der Waals surface area contributed by atoms with Crippen molar-refractivity contribution in [1.82, 2.24) is 5.32 Å². The number of hydrogen-bond acceptors (Lipinski definition) is 8. The number of esters is 1. The molecule has 9 heteroatoms. The van der Waals surface area contributed by atoms with E-state index >= 15 is 0 Å². The molecule has 0 saturated carbocycles. The third-order valence-corrected chi connectivity index (χ3v) is 1.93. The van der Waals surface area contributed by atoms with Crippen molar-refractivity contribution in [3.05, 3.63) is 12.2 Å². The summed E-state index contributed by atoms with van der Waals surface area (Å²) in [5, 5.41) is 28.5. The molecule has 0 bridgehead atoms. The van der Waals surface area contributed by atoms with Crippen LogP contribution in [0, 0.1) is 0 Å². The Balaban J connectivity index is 3.86. The Bertz CT molecular complexity index is 345. The lowest BCUT2D eigenvalue weighted by Gasteiger charge is -2.17. The molecule has 0 radical (unpaired) electrons. The molecule has 0 aliphatic carbocycles. The Morgan fingerprint density at radius 1 is 1.35 bits per heavy atom. The minimum Gasteiger partial charge on any atom is -0.433 e. The first-order valence-corrected chi connectivity index (χ1v) is 5.66. The maximum Gasteiger partial charge on any atom is 0.411 e. The summed E-state index contributed by atoms with van der Waals surface area (Å²) in [6, 6.07) is 0. The highest BCUT2D eigenvalue weighted by atomic mass is 16.8. The van der Waals surface area contributed by atoms with Crippen LogP contribution in [-0.2, 0) is 19.0 Å². The van der Waals surface area contributed by atoms with Crippen LogP contribution in [0.15, 0.2) is 12.2 Å². The summed E-state index contributed by atoms with van der Waals surface area (Å²) in [7, 11) is 0. The molecule has 3 unspecified atom stereocenters. The highest BCUT2D eigenvalue weighted by Crippen LogP contribution is 2.00. The maximum atomic E-state index is 11.1. The zero-order valence-corrected chi connectivity index (χ0v) is 11.2. The number of alkyl carbamates (subject to hydrolysis) is 1. The van der Waals surface area contributed by atoms with Crippen molar-refractivity contribution < 1.29 is 39.1 Å². The van der Waals surface area contributed by atoms with E-state index in [1.165, 1.54) is 13.8 Å². The molecule has 0 rings (SSSR count). The van der Waals surface area contributed by atoms with Gasteiger partial charge in [-0.3, -0.25) is 5.32 Å². The van der Waals surface area contributed by atoms with Gasteiger partial charge in [0.25, 0.3) is 0 Å². The first-order valence-electron chi connectivity index (χ1n) is 5.66. The largest absolute Gasteiger partial charge is 0.433 e. The van der Waals surface area contributed by atoms with Crippen molar-refractivity contribution in [3.8, 4) is 0 Å². The lowest BCUT2D eigenvalue weighted by Crippen LogP contribution is -2.45. The van der Waals surface area contributed by atoms with Gasteiger partial charge in [0.05, 0.1) is 6.61 Å². The van der Waals surface area contributed by atoms with Crippen LogP contribution < -0.4 is 5.32 Å². The zero-order chi connectivity index (χ0) is 15.7. The average molecular weight is 293 g/mol. The smallest absolute Gasteiger partial charge is 0.411 e. The number of amides is 1. The van der Waals surface area contributed by atoms with Crippen LogP contribution in [0.25, 0.3) is 0 Å². The van der Waals surface area contributed by atoms with Crippen molar-refractivity contribution in [2.75, 3.05) is 13.4 Å². The van der Waals surface area contributed by atoms with Crippen molar-refractivity contribution in [1.29, 1.82) is 0 Å². The third kappa shape index (κ3) is 7.69. The second-order valence-corrected chi connectivity index (χ2v) is 3.81. The molecule has 0 saturated heterocycles. The van der Waals surface area contributed by atoms with E-state index in [4.69, 9.17) is 24.8 Å². The van der Waals surface area contributed by atoms with Crippen LogP contribution in [0.5, 0.6) is 0 Å². The monoisotopic (exact) mass is 293 g/mol. The van der Waals surface area contributed by atoms with Crippen molar-refractivity contribution in [3.63, 3.8) is 0 Å². The summed E-state index contributed by atoms with van der Waals surface area (Å²) >= 11 is 0. The molecule has 0 aromatic carbocycles. The van der Waals surface area contributed by atoms with Gasteiger partial charge in [0.1, 0.15) is 6.10 Å². The summed E-state index contributed by atoms with van der Waals surface area (Å²) in [4.78, 5) is 22.2. The van der Waals surface area contributed by atoms with Crippen LogP contribution in [0.2, 0.25) is 0 Å². The number of carbonyl (C=O) groups is 2. The minimum atomic E-state index is -1.67. The summed E-state index contributed by atoms with van der Waals surface area (Å²) in [6.45, 7) is 4.98. The molecule has 0 spiro atoms. The summed E-state index contributed by atoms with van der Waals surface area (Å²) < 4.78 is 14.1. The maximum absolute atomic E-state index is 11.1. The molecule has 20 heavy (non-hydrogen) atoms. The number of carbonyl (C=O) groups excluding carboxylic acids is 2. The Hall–Kier alpha value is -1.68. The van der Waals surface area contributed by atoms with Gasteiger partial charge in [0.15, 0.2) is 13.0 Å². The molecular formula is C11H19NO8. The second kappa shape index (κ2) is 9.26. The van der Waals surface area contributed by atoms with E-state index in [-0.39, 0.29) is 5.57 Å². The van der Waals surface area contributed by atoms with Crippen molar-refractivity contribution in [2.24, 2.45) is 0 Å². The van der Waals surface area contributed by atoms with E-state index in [0.29, 0.717) is 0 Å². The molecule has 0 aromatic rings. The lowest BCUT2D eigenvalue weighted by atomic mass is 10.3. The lowest BCUT2D eigenvalue weighted by molar-refractivity contribution is -0.185. The van der Waals surface area contributed by atoms with E-state index < -0.39 is 44.1 Å². The summed E-state index contributed by atoms with van der Waals surface area (Å²) in [6.07, 6.45) is -5.24.